The predicted octanol–water partition coefficient (Wildman–Crippen LogP) is 0.265. The Hall–Kier alpha value is -2.28. The molecular formula is C28H58N8O4. The molecule has 12 nitrogen and oxygen atoms in total. The van der Waals surface area contributed by atoms with E-state index in [-0.39, 0.29) is 36.5 Å². The fourth-order valence-corrected chi connectivity index (χ4v) is 4.03. The van der Waals surface area contributed by atoms with E-state index in [2.05, 4.69) is 21.3 Å². The minimum atomic E-state index is -0.469. The van der Waals surface area contributed by atoms with Crippen LogP contribution in [0.15, 0.2) is 0 Å². The molecule has 0 rings (SSSR count). The zero-order valence-corrected chi connectivity index (χ0v) is 24.7. The lowest BCUT2D eigenvalue weighted by Crippen LogP contribution is -2.40. The van der Waals surface area contributed by atoms with E-state index in [1.165, 1.54) is 0 Å². The molecule has 0 aliphatic rings. The van der Waals surface area contributed by atoms with Crippen LogP contribution in [-0.4, -0.2) is 75.0 Å². The van der Waals surface area contributed by atoms with Crippen molar-refractivity contribution in [3.8, 4) is 0 Å². The van der Waals surface area contributed by atoms with Gasteiger partial charge >= 0.3 is 0 Å². The van der Waals surface area contributed by atoms with E-state index >= 15 is 0 Å². The summed E-state index contributed by atoms with van der Waals surface area (Å²) in [6, 6.07) is -0.939. The summed E-state index contributed by atoms with van der Waals surface area (Å²) in [5, 5.41) is 11.4. The molecule has 0 aliphatic heterocycles. The maximum absolute atomic E-state index is 11.9. The van der Waals surface area contributed by atoms with Gasteiger partial charge in [-0.3, -0.25) is 19.2 Å². The van der Waals surface area contributed by atoms with Gasteiger partial charge in [0.2, 0.25) is 23.6 Å². The second-order valence-corrected chi connectivity index (χ2v) is 10.4. The van der Waals surface area contributed by atoms with Crippen LogP contribution in [0.3, 0.4) is 0 Å². The highest BCUT2D eigenvalue weighted by molar-refractivity contribution is 5.83. The molecule has 0 bridgehead atoms. The van der Waals surface area contributed by atoms with Crippen LogP contribution in [0.5, 0.6) is 0 Å². The highest BCUT2D eigenvalue weighted by Gasteiger charge is 2.13. The van der Waals surface area contributed by atoms with Crippen molar-refractivity contribution in [1.29, 1.82) is 0 Å². The SMILES string of the molecule is NCCCCC(N)C(=O)NCCCCCCNC(=O)CCC(=O)NCCCCCCNC(=O)C(N)CCCCN. The molecule has 0 aromatic heterocycles. The Balaban J connectivity index is 3.53. The molecule has 0 saturated carbocycles. The number of rotatable bonds is 27. The van der Waals surface area contributed by atoms with E-state index in [1.54, 1.807) is 0 Å². The molecule has 0 saturated heterocycles. The van der Waals surface area contributed by atoms with Gasteiger partial charge in [-0.25, -0.2) is 0 Å². The molecule has 0 radical (unpaired) electrons. The number of nitrogens with one attached hydrogen (secondary N) is 4. The Kier molecular flexibility index (Phi) is 25.4. The summed E-state index contributed by atoms with van der Waals surface area (Å²) in [5.41, 5.74) is 22.6. The Morgan fingerprint density at radius 1 is 0.450 bits per heavy atom. The van der Waals surface area contributed by atoms with Crippen molar-refractivity contribution in [2.45, 2.75) is 115 Å². The molecule has 4 amide bonds. The average molecular weight is 571 g/mol. The van der Waals surface area contributed by atoms with Gasteiger partial charge in [-0.2, -0.15) is 0 Å². The minimum absolute atomic E-state index is 0.109. The Labute approximate surface area is 241 Å². The maximum atomic E-state index is 11.9. The van der Waals surface area contributed by atoms with Crippen molar-refractivity contribution in [2.24, 2.45) is 22.9 Å². The third-order valence-electron chi connectivity index (χ3n) is 6.64. The van der Waals surface area contributed by atoms with Gasteiger partial charge in [0.05, 0.1) is 12.1 Å². The Morgan fingerprint density at radius 3 is 1.10 bits per heavy atom. The standard InChI is InChI=1S/C28H58N8O4/c29-17-7-5-13-23(31)27(39)35-21-11-3-1-9-19-33-25(37)15-16-26(38)34-20-10-2-4-12-22-36-28(40)24(32)14-6-8-18-30/h23-24H,1-22,29-32H2,(H,33,37)(H,34,38)(H,35,39)(H,36,40). The number of hydrogen-bond donors (Lipinski definition) is 8. The lowest BCUT2D eigenvalue weighted by Gasteiger charge is -2.12. The molecule has 0 heterocycles. The quantitative estimate of drug-likeness (QED) is 0.0639. The van der Waals surface area contributed by atoms with Crippen molar-refractivity contribution in [3.63, 3.8) is 0 Å². The molecule has 0 aliphatic carbocycles. The van der Waals surface area contributed by atoms with E-state index in [0.717, 1.165) is 77.0 Å². The van der Waals surface area contributed by atoms with Crippen molar-refractivity contribution < 1.29 is 19.2 Å². The van der Waals surface area contributed by atoms with E-state index < -0.39 is 12.1 Å². The number of hydrogen-bond acceptors (Lipinski definition) is 8. The van der Waals surface area contributed by atoms with Crippen molar-refractivity contribution in [3.05, 3.63) is 0 Å². The van der Waals surface area contributed by atoms with Crippen LogP contribution in [0, 0.1) is 0 Å². The maximum Gasteiger partial charge on any atom is 0.236 e. The Bertz CT molecular complexity index is 625. The lowest BCUT2D eigenvalue weighted by molar-refractivity contribution is -0.126. The second kappa shape index (κ2) is 26.9. The molecule has 12 N–H and O–H groups in total. The fraction of sp³-hybridized carbons (Fsp3) is 0.857. The van der Waals surface area contributed by atoms with Crippen LogP contribution in [0.1, 0.15) is 103 Å². The lowest BCUT2D eigenvalue weighted by atomic mass is 10.1. The normalized spacial score (nSPS) is 12.4. The molecule has 2 unspecified atom stereocenters. The van der Waals surface area contributed by atoms with Gasteiger partial charge in [0, 0.05) is 39.0 Å². The van der Waals surface area contributed by atoms with Crippen molar-refractivity contribution >= 4 is 23.6 Å². The first-order chi connectivity index (χ1) is 19.3. The minimum Gasteiger partial charge on any atom is -0.356 e. The van der Waals surface area contributed by atoms with Gasteiger partial charge in [0.15, 0.2) is 0 Å². The topological polar surface area (TPSA) is 220 Å². The molecule has 0 aromatic rings. The number of carbonyl (C=O) groups is 4. The highest BCUT2D eigenvalue weighted by Crippen LogP contribution is 2.02. The summed E-state index contributed by atoms with van der Waals surface area (Å²) in [4.78, 5) is 47.7. The number of nitrogens with two attached hydrogens (primary N) is 4. The summed E-state index contributed by atoms with van der Waals surface area (Å²) in [7, 11) is 0. The van der Waals surface area contributed by atoms with E-state index in [4.69, 9.17) is 22.9 Å². The molecule has 2 atom stereocenters. The first-order valence-electron chi connectivity index (χ1n) is 15.3. The van der Waals surface area contributed by atoms with Crippen LogP contribution >= 0.6 is 0 Å². The molecular weight excluding hydrogens is 512 g/mol. The first-order valence-corrected chi connectivity index (χ1v) is 15.3. The van der Waals surface area contributed by atoms with Crippen LogP contribution < -0.4 is 44.2 Å². The molecule has 12 heteroatoms. The summed E-state index contributed by atoms with van der Waals surface area (Å²) in [6.07, 6.45) is 12.4. The molecule has 40 heavy (non-hydrogen) atoms. The predicted molar refractivity (Wildman–Crippen MR) is 160 cm³/mol. The average Bonchev–Trinajstić information content (AvgIpc) is 2.94. The summed E-state index contributed by atoms with van der Waals surface area (Å²) in [5.74, 6) is -0.455. The van der Waals surface area contributed by atoms with E-state index in [0.29, 0.717) is 52.1 Å². The van der Waals surface area contributed by atoms with Crippen LogP contribution in [-0.2, 0) is 19.2 Å². The van der Waals surface area contributed by atoms with Crippen LogP contribution in [0.25, 0.3) is 0 Å². The summed E-state index contributed by atoms with van der Waals surface area (Å²) < 4.78 is 0. The van der Waals surface area contributed by atoms with Gasteiger partial charge < -0.3 is 44.2 Å². The zero-order chi connectivity index (χ0) is 29.8. The van der Waals surface area contributed by atoms with Gasteiger partial charge in [0.1, 0.15) is 0 Å². The molecule has 234 valence electrons. The van der Waals surface area contributed by atoms with E-state index in [9.17, 15) is 19.2 Å². The smallest absolute Gasteiger partial charge is 0.236 e. The second-order valence-electron chi connectivity index (χ2n) is 10.4. The molecule has 0 fully saturated rings. The highest BCUT2D eigenvalue weighted by atomic mass is 16.2. The summed E-state index contributed by atoms with van der Waals surface area (Å²) in [6.45, 7) is 3.61. The van der Waals surface area contributed by atoms with Crippen molar-refractivity contribution in [2.75, 3.05) is 39.3 Å². The molecule has 0 spiro atoms. The largest absolute Gasteiger partial charge is 0.356 e. The fourth-order valence-electron chi connectivity index (χ4n) is 4.03. The van der Waals surface area contributed by atoms with E-state index in [1.807, 2.05) is 0 Å². The third kappa shape index (κ3) is 23.6. The first kappa shape index (κ1) is 37.7. The Morgan fingerprint density at radius 2 is 0.775 bits per heavy atom. The van der Waals surface area contributed by atoms with Gasteiger partial charge in [-0.1, -0.05) is 38.5 Å². The van der Waals surface area contributed by atoms with Gasteiger partial charge in [0.25, 0.3) is 0 Å². The van der Waals surface area contributed by atoms with Gasteiger partial charge in [-0.05, 0) is 64.5 Å². The zero-order valence-electron chi connectivity index (χ0n) is 24.7. The third-order valence-corrected chi connectivity index (χ3v) is 6.64. The number of amides is 4. The molecule has 0 aromatic carbocycles. The summed E-state index contributed by atoms with van der Waals surface area (Å²) >= 11 is 0. The monoisotopic (exact) mass is 570 g/mol. The van der Waals surface area contributed by atoms with Crippen LogP contribution in [0.4, 0.5) is 0 Å². The van der Waals surface area contributed by atoms with Gasteiger partial charge in [-0.15, -0.1) is 0 Å². The number of unbranched alkanes of at least 4 members (excludes halogenated alkanes) is 8. The number of carbonyl (C=O) groups excluding carboxylic acids is 4. The van der Waals surface area contributed by atoms with Crippen LogP contribution in [0.2, 0.25) is 0 Å². The van der Waals surface area contributed by atoms with Crippen molar-refractivity contribution in [1.82, 2.24) is 21.3 Å².